The Labute approximate surface area is 169 Å². The van der Waals surface area contributed by atoms with E-state index < -0.39 is 0 Å². The predicted octanol–water partition coefficient (Wildman–Crippen LogP) is 2.50. The molecule has 3 heterocycles. The number of carbonyl (C=O) groups excluding carboxylic acids is 2. The lowest BCUT2D eigenvalue weighted by Gasteiger charge is -2.43. The normalized spacial score (nSPS) is 26.4. The summed E-state index contributed by atoms with van der Waals surface area (Å²) in [6.07, 6.45) is 4.72. The topological polar surface area (TPSA) is 89.3 Å². The highest BCUT2D eigenvalue weighted by Crippen LogP contribution is 2.46. The number of aromatic amines is 2. The Bertz CT molecular complexity index is 1030. The first-order valence-electron chi connectivity index (χ1n) is 10.6. The second-order valence-corrected chi connectivity index (χ2v) is 9.78. The number of nitrogens with one attached hydrogen (secondary N) is 2. The molecule has 7 nitrogen and oxygen atoms in total. The van der Waals surface area contributed by atoms with Crippen LogP contribution in [0.3, 0.4) is 0 Å². The van der Waals surface area contributed by atoms with E-state index in [-0.39, 0.29) is 40.9 Å². The maximum absolute atomic E-state index is 13.3. The third-order valence-electron chi connectivity index (χ3n) is 7.04. The summed E-state index contributed by atoms with van der Waals surface area (Å²) in [7, 11) is 0. The zero-order valence-corrected chi connectivity index (χ0v) is 17.0. The van der Waals surface area contributed by atoms with Crippen LogP contribution in [0.5, 0.6) is 0 Å². The van der Waals surface area contributed by atoms with Crippen LogP contribution in [0.25, 0.3) is 11.0 Å². The molecule has 1 aromatic carbocycles. The van der Waals surface area contributed by atoms with Crippen molar-refractivity contribution >= 4 is 22.8 Å². The van der Waals surface area contributed by atoms with Crippen molar-refractivity contribution in [3.63, 3.8) is 0 Å². The van der Waals surface area contributed by atoms with Crippen molar-refractivity contribution in [2.45, 2.75) is 58.0 Å². The minimum absolute atomic E-state index is 0.000487. The van der Waals surface area contributed by atoms with Crippen LogP contribution in [0, 0.1) is 11.3 Å². The molecule has 3 fully saturated rings. The second kappa shape index (κ2) is 6.47. The number of amides is 2. The average Bonchev–Trinajstić information content (AvgIpc) is 3.15. The summed E-state index contributed by atoms with van der Waals surface area (Å²) in [6.45, 7) is 5.82. The molecule has 5 rings (SSSR count). The van der Waals surface area contributed by atoms with Gasteiger partial charge in [-0.1, -0.05) is 13.8 Å². The average molecular weight is 396 g/mol. The molecule has 7 heteroatoms. The van der Waals surface area contributed by atoms with Crippen LogP contribution >= 0.6 is 0 Å². The Kier molecular flexibility index (Phi) is 4.12. The zero-order valence-electron chi connectivity index (χ0n) is 17.0. The van der Waals surface area contributed by atoms with Crippen molar-refractivity contribution in [1.82, 2.24) is 19.8 Å². The molecular formula is C22H28N4O3. The molecule has 1 saturated carbocycles. The van der Waals surface area contributed by atoms with E-state index in [1.165, 1.54) is 0 Å². The number of fused-ring (bicyclic) bond motifs is 3. The highest BCUT2D eigenvalue weighted by Gasteiger charge is 2.45. The van der Waals surface area contributed by atoms with E-state index in [0.29, 0.717) is 23.1 Å². The summed E-state index contributed by atoms with van der Waals surface area (Å²) in [5.41, 5.74) is 1.95. The number of H-pyrrole nitrogens is 2. The molecule has 3 aliphatic rings. The fourth-order valence-electron chi connectivity index (χ4n) is 5.63. The lowest BCUT2D eigenvalue weighted by atomic mass is 9.64. The van der Waals surface area contributed by atoms with Crippen LogP contribution < -0.4 is 5.69 Å². The smallest absolute Gasteiger partial charge is 0.323 e. The van der Waals surface area contributed by atoms with Crippen LogP contribution in [0.15, 0.2) is 23.0 Å². The van der Waals surface area contributed by atoms with Gasteiger partial charge >= 0.3 is 5.69 Å². The maximum atomic E-state index is 13.3. The Morgan fingerprint density at radius 2 is 1.76 bits per heavy atom. The van der Waals surface area contributed by atoms with Gasteiger partial charge in [0.25, 0.3) is 5.91 Å². The lowest BCUT2D eigenvalue weighted by Crippen LogP contribution is -2.48. The molecule has 2 atom stereocenters. The van der Waals surface area contributed by atoms with E-state index in [4.69, 9.17) is 0 Å². The molecule has 29 heavy (non-hydrogen) atoms. The second-order valence-electron chi connectivity index (χ2n) is 9.78. The number of benzene rings is 1. The third kappa shape index (κ3) is 3.16. The number of imidazole rings is 1. The van der Waals surface area contributed by atoms with Gasteiger partial charge in [0, 0.05) is 36.7 Å². The lowest BCUT2D eigenvalue weighted by molar-refractivity contribution is -0.142. The molecule has 2 bridgehead atoms. The summed E-state index contributed by atoms with van der Waals surface area (Å²) in [4.78, 5) is 47.3. The molecule has 1 aliphatic carbocycles. The summed E-state index contributed by atoms with van der Waals surface area (Å²) in [5.74, 6) is 0.426. The van der Waals surface area contributed by atoms with E-state index >= 15 is 0 Å². The number of aromatic nitrogens is 2. The quantitative estimate of drug-likeness (QED) is 0.817. The molecule has 0 radical (unpaired) electrons. The molecule has 2 saturated heterocycles. The molecule has 2 amide bonds. The van der Waals surface area contributed by atoms with Gasteiger partial charge in [0.15, 0.2) is 0 Å². The monoisotopic (exact) mass is 396 g/mol. The van der Waals surface area contributed by atoms with E-state index in [1.807, 2.05) is 9.80 Å². The fraction of sp³-hybridized carbons (Fsp3) is 0.591. The van der Waals surface area contributed by atoms with Gasteiger partial charge in [-0.05, 0) is 55.7 Å². The van der Waals surface area contributed by atoms with E-state index in [9.17, 15) is 14.4 Å². The maximum Gasteiger partial charge on any atom is 0.323 e. The van der Waals surface area contributed by atoms with Gasteiger partial charge < -0.3 is 19.8 Å². The van der Waals surface area contributed by atoms with E-state index in [0.717, 1.165) is 38.6 Å². The summed E-state index contributed by atoms with van der Waals surface area (Å²) in [6, 6.07) is 5.56. The molecule has 2 N–H and O–H groups in total. The van der Waals surface area contributed by atoms with Crippen molar-refractivity contribution < 1.29 is 9.59 Å². The predicted molar refractivity (Wildman–Crippen MR) is 110 cm³/mol. The number of rotatable bonds is 2. The largest absolute Gasteiger partial charge is 0.340 e. The van der Waals surface area contributed by atoms with E-state index in [2.05, 4.69) is 23.8 Å². The molecule has 0 spiro atoms. The van der Waals surface area contributed by atoms with Gasteiger partial charge in [0.05, 0.1) is 11.0 Å². The molecule has 1 aromatic heterocycles. The summed E-state index contributed by atoms with van der Waals surface area (Å²) in [5, 5.41) is 0. The first-order valence-corrected chi connectivity index (χ1v) is 10.6. The molecule has 154 valence electrons. The van der Waals surface area contributed by atoms with Crippen LogP contribution in [0.1, 0.15) is 56.3 Å². The molecule has 2 aromatic rings. The zero-order chi connectivity index (χ0) is 20.3. The van der Waals surface area contributed by atoms with Gasteiger partial charge in [-0.25, -0.2) is 4.79 Å². The van der Waals surface area contributed by atoms with Crippen LogP contribution in [0.2, 0.25) is 0 Å². The standard InChI is InChI=1S/C22H28N4O3/c1-22(2)10-14(11-22)19(27)25-8-7-15-4-5-16(12-25)26(15)20(28)13-3-6-17-18(9-13)24-21(29)23-17/h3,6,9,14-16H,4-5,7-8,10-12H2,1-2H3,(H2,23,24,29). The Hall–Kier alpha value is -2.57. The fourth-order valence-corrected chi connectivity index (χ4v) is 5.63. The number of hydrogen-bond acceptors (Lipinski definition) is 3. The number of likely N-dealkylation sites (tertiary alicyclic amines) is 1. The minimum Gasteiger partial charge on any atom is -0.340 e. The van der Waals surface area contributed by atoms with Crippen molar-refractivity contribution in [2.75, 3.05) is 13.1 Å². The first-order chi connectivity index (χ1) is 13.8. The Balaban J connectivity index is 1.35. The highest BCUT2D eigenvalue weighted by molar-refractivity contribution is 5.98. The van der Waals surface area contributed by atoms with Gasteiger partial charge in [0.2, 0.25) is 5.91 Å². The van der Waals surface area contributed by atoms with E-state index in [1.54, 1.807) is 18.2 Å². The Morgan fingerprint density at radius 3 is 2.52 bits per heavy atom. The number of hydrogen-bond donors (Lipinski definition) is 2. The molecule has 2 aliphatic heterocycles. The van der Waals surface area contributed by atoms with Crippen LogP contribution in [-0.4, -0.2) is 56.8 Å². The van der Waals surface area contributed by atoms with Gasteiger partial charge in [0.1, 0.15) is 0 Å². The van der Waals surface area contributed by atoms with Gasteiger partial charge in [-0.3, -0.25) is 9.59 Å². The molecule has 2 unspecified atom stereocenters. The van der Waals surface area contributed by atoms with Gasteiger partial charge in [-0.15, -0.1) is 0 Å². The van der Waals surface area contributed by atoms with Crippen molar-refractivity contribution in [1.29, 1.82) is 0 Å². The van der Waals surface area contributed by atoms with Crippen molar-refractivity contribution in [2.24, 2.45) is 11.3 Å². The third-order valence-corrected chi connectivity index (χ3v) is 7.04. The first kappa shape index (κ1) is 18.5. The van der Waals surface area contributed by atoms with Crippen molar-refractivity contribution in [3.8, 4) is 0 Å². The van der Waals surface area contributed by atoms with Gasteiger partial charge in [-0.2, -0.15) is 0 Å². The minimum atomic E-state index is -0.271. The summed E-state index contributed by atoms with van der Waals surface area (Å²) < 4.78 is 0. The highest BCUT2D eigenvalue weighted by atomic mass is 16.2. The molecular weight excluding hydrogens is 368 g/mol. The summed E-state index contributed by atoms with van der Waals surface area (Å²) >= 11 is 0. The number of carbonyl (C=O) groups is 2. The van der Waals surface area contributed by atoms with Crippen molar-refractivity contribution in [3.05, 3.63) is 34.2 Å². The SMILES string of the molecule is CC1(C)CC(C(=O)N2CCC3CCC(C2)N3C(=O)c2ccc3[nH]c(=O)[nH]c3c2)C1. The van der Waals surface area contributed by atoms with Crippen LogP contribution in [0.4, 0.5) is 0 Å². The van der Waals surface area contributed by atoms with Crippen LogP contribution in [-0.2, 0) is 4.79 Å². The Morgan fingerprint density at radius 1 is 1.03 bits per heavy atom. The number of nitrogens with zero attached hydrogens (tertiary/aromatic N) is 2.